The first-order chi connectivity index (χ1) is 9.08. The molecule has 19 heavy (non-hydrogen) atoms. The van der Waals surface area contributed by atoms with E-state index in [9.17, 15) is 9.18 Å². The van der Waals surface area contributed by atoms with Crippen LogP contribution in [0, 0.1) is 35.4 Å². The highest BCUT2D eigenvalue weighted by Gasteiger charge is 2.67. The summed E-state index contributed by atoms with van der Waals surface area (Å²) in [6.07, 6.45) is 3.82. The smallest absolute Gasteiger partial charge is 0.169 e. The molecule has 1 aromatic rings. The second-order valence-corrected chi connectivity index (χ2v) is 7.39. The Labute approximate surface area is 124 Å². The van der Waals surface area contributed by atoms with Crippen LogP contribution in [0.4, 0.5) is 4.39 Å². The summed E-state index contributed by atoms with van der Waals surface area (Å²) in [5.74, 6) is 2.09. The van der Waals surface area contributed by atoms with Crippen molar-refractivity contribution in [2.24, 2.45) is 29.6 Å². The minimum atomic E-state index is -0.460. The molecule has 3 fully saturated rings. The Balaban J connectivity index is 1.64. The van der Waals surface area contributed by atoms with Gasteiger partial charge in [0.05, 0.1) is 10.6 Å². The van der Waals surface area contributed by atoms with Gasteiger partial charge in [0.2, 0.25) is 0 Å². The first-order valence-electron chi connectivity index (χ1n) is 6.76. The number of hydrogen-bond donors (Lipinski definition) is 0. The Kier molecular flexibility index (Phi) is 2.63. The second-order valence-electron chi connectivity index (χ2n) is 6.12. The Morgan fingerprint density at radius 2 is 1.89 bits per heavy atom. The molecule has 3 aliphatic rings. The topological polar surface area (TPSA) is 17.1 Å². The lowest BCUT2D eigenvalue weighted by atomic mass is 9.96. The van der Waals surface area contributed by atoms with Gasteiger partial charge in [-0.15, -0.1) is 0 Å². The summed E-state index contributed by atoms with van der Waals surface area (Å²) < 4.78 is 14.4. The van der Waals surface area contributed by atoms with Gasteiger partial charge in [0.15, 0.2) is 5.78 Å². The van der Waals surface area contributed by atoms with Gasteiger partial charge in [-0.2, -0.15) is 0 Å². The average Bonchev–Trinajstić information content (AvgIpc) is 2.81. The number of hydrogen-bond acceptors (Lipinski definition) is 1. The summed E-state index contributed by atoms with van der Waals surface area (Å²) in [5, 5.41) is 0.401. The third kappa shape index (κ3) is 1.67. The van der Waals surface area contributed by atoms with Gasteiger partial charge in [0.1, 0.15) is 5.82 Å². The fourth-order valence-electron chi connectivity index (χ4n) is 4.57. The van der Waals surface area contributed by atoms with Gasteiger partial charge in [-0.3, -0.25) is 4.79 Å². The van der Waals surface area contributed by atoms with Crippen molar-refractivity contribution in [2.75, 3.05) is 0 Å². The van der Waals surface area contributed by atoms with Crippen LogP contribution in [0.5, 0.6) is 0 Å². The Morgan fingerprint density at radius 1 is 1.26 bits per heavy atom. The normalized spacial score (nSPS) is 38.4. The third-order valence-electron chi connectivity index (χ3n) is 5.31. The zero-order chi connectivity index (χ0) is 13.3. The van der Waals surface area contributed by atoms with Gasteiger partial charge in [0.25, 0.3) is 0 Å². The molecule has 0 radical (unpaired) electrons. The molecule has 0 aromatic heterocycles. The highest BCUT2D eigenvalue weighted by atomic mass is 79.9. The van der Waals surface area contributed by atoms with Crippen LogP contribution in [0.3, 0.4) is 0 Å². The van der Waals surface area contributed by atoms with E-state index < -0.39 is 5.82 Å². The van der Waals surface area contributed by atoms with E-state index in [2.05, 4.69) is 15.9 Å². The summed E-state index contributed by atoms with van der Waals surface area (Å²) in [7, 11) is 0. The molecule has 1 aromatic carbocycles. The van der Waals surface area contributed by atoms with Gasteiger partial charge in [-0.1, -0.05) is 11.6 Å². The zero-order valence-corrected chi connectivity index (χ0v) is 12.5. The maximum absolute atomic E-state index is 13.9. The van der Waals surface area contributed by atoms with E-state index in [4.69, 9.17) is 11.6 Å². The molecular weight excluding hydrogens is 331 g/mol. The van der Waals surface area contributed by atoms with Gasteiger partial charge < -0.3 is 0 Å². The standard InChI is InChI=1S/C15H13BrClFO/c16-9-5-11(18)8(4-10(9)17)15(19)14-12-6-1-2-7(3-6)13(12)14/h4-7,12-14H,1-3H2. The molecule has 0 N–H and O–H groups in total. The fourth-order valence-corrected chi connectivity index (χ4v) is 5.05. The molecule has 2 bridgehead atoms. The van der Waals surface area contributed by atoms with E-state index in [1.807, 2.05) is 0 Å². The van der Waals surface area contributed by atoms with Crippen molar-refractivity contribution < 1.29 is 9.18 Å². The molecule has 4 rings (SSSR count). The number of ketones is 1. The summed E-state index contributed by atoms with van der Waals surface area (Å²) >= 11 is 9.16. The van der Waals surface area contributed by atoms with Crippen molar-refractivity contribution in [2.45, 2.75) is 19.3 Å². The maximum atomic E-state index is 13.9. The van der Waals surface area contributed by atoms with E-state index in [1.165, 1.54) is 31.4 Å². The molecule has 3 saturated carbocycles. The molecule has 100 valence electrons. The molecule has 0 amide bonds. The predicted molar refractivity (Wildman–Crippen MR) is 74.7 cm³/mol. The van der Waals surface area contributed by atoms with E-state index in [0.29, 0.717) is 21.3 Å². The number of carbonyl (C=O) groups excluding carboxylic acids is 1. The number of Topliss-reactive ketones (excluding diaryl/α,β-unsaturated/α-hetero) is 1. The van der Waals surface area contributed by atoms with Crippen LogP contribution >= 0.6 is 27.5 Å². The van der Waals surface area contributed by atoms with E-state index in [1.54, 1.807) is 0 Å². The molecule has 1 nitrogen and oxygen atoms in total. The summed E-state index contributed by atoms with van der Waals surface area (Å²) in [5.41, 5.74) is 0.173. The summed E-state index contributed by atoms with van der Waals surface area (Å²) in [6, 6.07) is 2.77. The van der Waals surface area contributed by atoms with Crippen molar-refractivity contribution in [3.63, 3.8) is 0 Å². The van der Waals surface area contributed by atoms with Crippen molar-refractivity contribution in [3.05, 3.63) is 33.0 Å². The van der Waals surface area contributed by atoms with Crippen LogP contribution in [0.1, 0.15) is 29.6 Å². The number of rotatable bonds is 2. The molecule has 4 unspecified atom stereocenters. The monoisotopic (exact) mass is 342 g/mol. The molecule has 4 atom stereocenters. The van der Waals surface area contributed by atoms with Crippen molar-refractivity contribution in [1.29, 1.82) is 0 Å². The molecule has 0 saturated heterocycles. The quantitative estimate of drug-likeness (QED) is 0.561. The fraction of sp³-hybridized carbons (Fsp3) is 0.533. The van der Waals surface area contributed by atoms with Crippen LogP contribution in [-0.2, 0) is 0 Å². The molecule has 3 aliphatic carbocycles. The van der Waals surface area contributed by atoms with Gasteiger partial charge >= 0.3 is 0 Å². The number of carbonyl (C=O) groups is 1. The number of halogens is 3. The van der Waals surface area contributed by atoms with Gasteiger partial charge in [-0.05, 0) is 71.0 Å². The van der Waals surface area contributed by atoms with Crippen LogP contribution in [0.15, 0.2) is 16.6 Å². The highest BCUT2D eigenvalue weighted by molar-refractivity contribution is 9.10. The molecule has 0 spiro atoms. The summed E-state index contributed by atoms with van der Waals surface area (Å²) in [4.78, 5) is 12.5. The van der Waals surface area contributed by atoms with Crippen LogP contribution in [0.25, 0.3) is 0 Å². The average molecular weight is 344 g/mol. The van der Waals surface area contributed by atoms with Crippen LogP contribution < -0.4 is 0 Å². The largest absolute Gasteiger partial charge is 0.294 e. The minimum Gasteiger partial charge on any atom is -0.294 e. The van der Waals surface area contributed by atoms with Crippen molar-refractivity contribution in [1.82, 2.24) is 0 Å². The van der Waals surface area contributed by atoms with Gasteiger partial charge in [-0.25, -0.2) is 4.39 Å². The Bertz CT molecular complexity index is 572. The molecule has 4 heteroatoms. The number of benzene rings is 1. The highest BCUT2D eigenvalue weighted by Crippen LogP contribution is 2.70. The summed E-state index contributed by atoms with van der Waals surface area (Å²) in [6.45, 7) is 0. The van der Waals surface area contributed by atoms with Crippen molar-refractivity contribution in [3.8, 4) is 0 Å². The van der Waals surface area contributed by atoms with E-state index in [0.717, 1.165) is 11.8 Å². The lowest BCUT2D eigenvalue weighted by Crippen LogP contribution is -2.12. The maximum Gasteiger partial charge on any atom is 0.169 e. The molecule has 0 aliphatic heterocycles. The number of fused-ring (bicyclic) bond motifs is 5. The first kappa shape index (κ1) is 12.3. The molecular formula is C15H13BrClFO. The van der Waals surface area contributed by atoms with Crippen LogP contribution in [-0.4, -0.2) is 5.78 Å². The third-order valence-corrected chi connectivity index (χ3v) is 6.51. The predicted octanol–water partition coefficient (Wildman–Crippen LogP) is 4.72. The van der Waals surface area contributed by atoms with E-state index >= 15 is 0 Å². The second kappa shape index (κ2) is 4.05. The van der Waals surface area contributed by atoms with Crippen molar-refractivity contribution >= 4 is 33.3 Å². The van der Waals surface area contributed by atoms with Crippen LogP contribution in [0.2, 0.25) is 5.02 Å². The lowest BCUT2D eigenvalue weighted by Gasteiger charge is -2.09. The Hall–Kier alpha value is -0.410. The minimum absolute atomic E-state index is 0.0292. The SMILES string of the molecule is O=C(c1cc(Cl)c(Br)cc1F)C1C2C3CCC(C3)C12. The zero-order valence-electron chi connectivity index (χ0n) is 10.2. The first-order valence-corrected chi connectivity index (χ1v) is 7.94. The molecule has 0 heterocycles. The lowest BCUT2D eigenvalue weighted by molar-refractivity contribution is 0.0940. The van der Waals surface area contributed by atoms with E-state index in [-0.39, 0.29) is 17.3 Å². The van der Waals surface area contributed by atoms with Gasteiger partial charge in [0, 0.05) is 10.4 Å². The Morgan fingerprint density at radius 3 is 2.53 bits per heavy atom.